The number of likely N-dealkylation sites (N-methyl/N-ethyl adjacent to an activating group) is 1. The first kappa shape index (κ1) is 29.7. The van der Waals surface area contributed by atoms with Crippen LogP contribution >= 0.6 is 0 Å². The van der Waals surface area contributed by atoms with Gasteiger partial charge in [-0.3, -0.25) is 9.69 Å². The van der Waals surface area contributed by atoms with Crippen LogP contribution < -0.4 is 4.74 Å². The number of esters is 1. The van der Waals surface area contributed by atoms with Gasteiger partial charge in [-0.2, -0.15) is 0 Å². The topological polar surface area (TPSA) is 52.9 Å². The molecule has 0 saturated carbocycles. The first-order valence-electron chi connectivity index (χ1n) is 14.0. The lowest BCUT2D eigenvalue weighted by atomic mass is 9.82. The highest BCUT2D eigenvalue weighted by atomic mass is 19.2. The molecule has 6 nitrogen and oxygen atoms in total. The second kappa shape index (κ2) is 12.2. The van der Waals surface area contributed by atoms with Gasteiger partial charge in [-0.05, 0) is 36.7 Å². The predicted molar refractivity (Wildman–Crippen MR) is 154 cm³/mol. The first-order valence-corrected chi connectivity index (χ1v) is 14.0. The molecule has 1 aliphatic heterocycles. The van der Waals surface area contributed by atoms with E-state index in [0.717, 1.165) is 29.0 Å². The van der Waals surface area contributed by atoms with E-state index in [0.29, 0.717) is 48.5 Å². The number of fused-ring (bicyclic) bond motifs is 3. The lowest BCUT2D eigenvalue weighted by Crippen LogP contribution is -2.36. The fourth-order valence-electron chi connectivity index (χ4n) is 5.68. The zero-order chi connectivity index (χ0) is 30.0. The molecular weight excluding hydrogens is 545 g/mol. The summed E-state index contributed by atoms with van der Waals surface area (Å²) in [5.74, 6) is -2.48. The van der Waals surface area contributed by atoms with Crippen molar-refractivity contribution in [2.24, 2.45) is 0 Å². The Morgan fingerprint density at radius 3 is 2.52 bits per heavy atom. The van der Waals surface area contributed by atoms with Crippen molar-refractivity contribution in [3.8, 4) is 11.4 Å². The third-order valence-corrected chi connectivity index (χ3v) is 7.78. The second-order valence-electron chi connectivity index (χ2n) is 11.2. The minimum absolute atomic E-state index is 0.144. The normalized spacial score (nSPS) is 16.0. The summed E-state index contributed by atoms with van der Waals surface area (Å²) in [5, 5.41) is 0.654. The average Bonchev–Trinajstić information content (AvgIpc) is 3.33. The molecule has 0 amide bonds. The Balaban J connectivity index is 1.69. The van der Waals surface area contributed by atoms with Crippen molar-refractivity contribution in [1.82, 2.24) is 9.47 Å². The summed E-state index contributed by atoms with van der Waals surface area (Å²) in [6, 6.07) is 16.0. The van der Waals surface area contributed by atoms with E-state index in [2.05, 4.69) is 0 Å². The Bertz CT molecular complexity index is 1590. The zero-order valence-corrected chi connectivity index (χ0v) is 24.3. The highest BCUT2D eigenvalue weighted by Gasteiger charge is 2.40. The smallest absolute Gasteiger partial charge is 0.319 e. The largest absolute Gasteiger partial charge is 0.488 e. The number of rotatable bonds is 10. The van der Waals surface area contributed by atoms with Gasteiger partial charge in [0.15, 0.2) is 11.6 Å². The standard InChI is InChI=1S/C33H35F3N2O4/c1-5-37(18-29(39)40-4)14-13-27-31-30-26(15-22(34)16-28(30)41-19-21-9-7-6-8-10-21)38(32(31)33(2,3)20-42-27)23-11-12-24(35)25(36)17-23/h6-12,15-17,27H,5,13-14,18-20H2,1-4H3. The van der Waals surface area contributed by atoms with E-state index >= 15 is 4.39 Å². The number of benzene rings is 3. The van der Waals surface area contributed by atoms with Gasteiger partial charge in [-0.15, -0.1) is 0 Å². The lowest BCUT2D eigenvalue weighted by molar-refractivity contribution is -0.142. The summed E-state index contributed by atoms with van der Waals surface area (Å²) < 4.78 is 63.2. The Morgan fingerprint density at radius 1 is 1.07 bits per heavy atom. The summed E-state index contributed by atoms with van der Waals surface area (Å²) in [7, 11) is 1.36. The van der Waals surface area contributed by atoms with Gasteiger partial charge in [0.2, 0.25) is 0 Å². The van der Waals surface area contributed by atoms with Crippen LogP contribution in [-0.2, 0) is 26.3 Å². The summed E-state index contributed by atoms with van der Waals surface area (Å²) >= 11 is 0. The zero-order valence-electron chi connectivity index (χ0n) is 24.3. The van der Waals surface area contributed by atoms with Gasteiger partial charge in [0.1, 0.15) is 18.2 Å². The van der Waals surface area contributed by atoms with Gasteiger partial charge in [-0.25, -0.2) is 13.2 Å². The minimum atomic E-state index is -0.997. The SMILES string of the molecule is CCN(CCC1OCC(C)(C)c2c1c1c(OCc3ccccc3)cc(F)cc1n2-c1ccc(F)c(F)c1)CC(=O)OC. The van der Waals surface area contributed by atoms with Crippen molar-refractivity contribution in [2.45, 2.75) is 45.3 Å². The van der Waals surface area contributed by atoms with Crippen LogP contribution in [0.15, 0.2) is 60.7 Å². The maximum absolute atomic E-state index is 15.3. The van der Waals surface area contributed by atoms with Crippen LogP contribution in [-0.4, -0.2) is 48.8 Å². The van der Waals surface area contributed by atoms with Gasteiger partial charge in [0.25, 0.3) is 0 Å². The van der Waals surface area contributed by atoms with E-state index in [4.69, 9.17) is 14.2 Å². The second-order valence-corrected chi connectivity index (χ2v) is 11.2. The number of halogens is 3. The Hall–Kier alpha value is -3.82. The molecule has 9 heteroatoms. The number of nitrogens with zero attached hydrogens (tertiary/aromatic N) is 2. The molecule has 1 aromatic heterocycles. The third-order valence-electron chi connectivity index (χ3n) is 7.78. The van der Waals surface area contributed by atoms with Crippen LogP contribution in [0.1, 0.15) is 50.1 Å². The van der Waals surface area contributed by atoms with Gasteiger partial charge in [-0.1, -0.05) is 51.1 Å². The fourth-order valence-corrected chi connectivity index (χ4v) is 5.68. The third kappa shape index (κ3) is 5.89. The van der Waals surface area contributed by atoms with Crippen molar-refractivity contribution >= 4 is 16.9 Å². The molecule has 0 fully saturated rings. The van der Waals surface area contributed by atoms with Crippen molar-refractivity contribution in [3.05, 3.63) is 94.9 Å². The number of methoxy groups -OCH3 is 1. The van der Waals surface area contributed by atoms with Gasteiger partial charge < -0.3 is 18.8 Å². The van der Waals surface area contributed by atoms with Crippen LogP contribution in [0, 0.1) is 17.5 Å². The quantitative estimate of drug-likeness (QED) is 0.192. The molecule has 1 aliphatic rings. The maximum atomic E-state index is 15.3. The van der Waals surface area contributed by atoms with Crippen molar-refractivity contribution in [3.63, 3.8) is 0 Å². The van der Waals surface area contributed by atoms with E-state index in [9.17, 15) is 13.6 Å². The molecule has 0 radical (unpaired) electrons. The summed E-state index contributed by atoms with van der Waals surface area (Å²) in [5.41, 5.74) is 2.81. The lowest BCUT2D eigenvalue weighted by Gasteiger charge is -2.37. The molecule has 2 heterocycles. The maximum Gasteiger partial charge on any atom is 0.319 e. The summed E-state index contributed by atoms with van der Waals surface area (Å²) in [6.45, 7) is 7.85. The Morgan fingerprint density at radius 2 is 1.83 bits per heavy atom. The summed E-state index contributed by atoms with van der Waals surface area (Å²) in [4.78, 5) is 13.9. The van der Waals surface area contributed by atoms with Crippen LogP contribution in [0.25, 0.3) is 16.6 Å². The molecule has 5 rings (SSSR count). The molecular formula is C33H35F3N2O4. The molecule has 0 spiro atoms. The van der Waals surface area contributed by atoms with E-state index in [1.165, 1.54) is 25.3 Å². The van der Waals surface area contributed by atoms with E-state index in [1.54, 1.807) is 4.57 Å². The monoisotopic (exact) mass is 580 g/mol. The molecule has 42 heavy (non-hydrogen) atoms. The van der Waals surface area contributed by atoms with E-state index in [-0.39, 0.29) is 19.1 Å². The molecule has 3 aromatic carbocycles. The Kier molecular flexibility index (Phi) is 8.61. The van der Waals surface area contributed by atoms with Crippen LogP contribution in [0.4, 0.5) is 13.2 Å². The number of aromatic nitrogens is 1. The number of hydrogen-bond donors (Lipinski definition) is 0. The highest BCUT2D eigenvalue weighted by Crippen LogP contribution is 2.49. The van der Waals surface area contributed by atoms with Crippen molar-refractivity contribution in [1.29, 1.82) is 0 Å². The van der Waals surface area contributed by atoms with Gasteiger partial charge in [0.05, 0.1) is 31.9 Å². The van der Waals surface area contributed by atoms with E-state index in [1.807, 2.05) is 56.0 Å². The predicted octanol–water partition coefficient (Wildman–Crippen LogP) is 6.86. The van der Waals surface area contributed by atoms with E-state index < -0.39 is 29.0 Å². The molecule has 0 aliphatic carbocycles. The molecule has 1 atom stereocenters. The van der Waals surface area contributed by atoms with Crippen LogP contribution in [0.3, 0.4) is 0 Å². The molecule has 0 saturated heterocycles. The summed E-state index contributed by atoms with van der Waals surface area (Å²) in [6.07, 6.45) is 0.0960. The molecule has 4 aromatic rings. The number of carbonyl (C=O) groups excluding carboxylic acids is 1. The molecule has 0 N–H and O–H groups in total. The molecule has 0 bridgehead atoms. The van der Waals surface area contributed by atoms with Crippen LogP contribution in [0.2, 0.25) is 0 Å². The van der Waals surface area contributed by atoms with Gasteiger partial charge in [0, 0.05) is 46.4 Å². The van der Waals surface area contributed by atoms with Crippen LogP contribution in [0.5, 0.6) is 5.75 Å². The fraction of sp³-hybridized carbons (Fsp3) is 0.364. The number of carbonyl (C=O) groups is 1. The van der Waals surface area contributed by atoms with Gasteiger partial charge >= 0.3 is 5.97 Å². The average molecular weight is 581 g/mol. The number of hydrogen-bond acceptors (Lipinski definition) is 5. The van der Waals surface area contributed by atoms with Crippen molar-refractivity contribution in [2.75, 3.05) is 33.4 Å². The first-order chi connectivity index (χ1) is 20.1. The van der Waals surface area contributed by atoms with Crippen molar-refractivity contribution < 1.29 is 32.2 Å². The molecule has 1 unspecified atom stereocenters. The Labute approximate surface area is 243 Å². The minimum Gasteiger partial charge on any atom is -0.488 e. The number of ether oxygens (including phenoxy) is 3. The molecule has 222 valence electrons. The highest BCUT2D eigenvalue weighted by molar-refractivity contribution is 5.94.